The van der Waals surface area contributed by atoms with Crippen LogP contribution in [0.5, 0.6) is 0 Å². The molecule has 2 atom stereocenters. The van der Waals surface area contributed by atoms with E-state index in [1.165, 1.54) is 0 Å². The molecule has 0 saturated carbocycles. The Morgan fingerprint density at radius 3 is 2.50 bits per heavy atom. The molecule has 0 radical (unpaired) electrons. The van der Waals surface area contributed by atoms with Gasteiger partial charge in [-0.1, -0.05) is 13.8 Å². The molecule has 0 aromatic heterocycles. The fourth-order valence-corrected chi connectivity index (χ4v) is 4.10. The summed E-state index contributed by atoms with van der Waals surface area (Å²) in [5, 5.41) is 0.246. The van der Waals surface area contributed by atoms with E-state index in [0.29, 0.717) is 17.2 Å². The maximum atomic E-state index is 12.0. The van der Waals surface area contributed by atoms with Crippen LogP contribution in [0.15, 0.2) is 29.2 Å². The molecule has 5 heteroatoms. The maximum absolute atomic E-state index is 12.0. The fourth-order valence-electron chi connectivity index (χ4n) is 2.60. The van der Waals surface area contributed by atoms with Crippen LogP contribution in [0.3, 0.4) is 0 Å². The molecule has 1 aliphatic rings. The van der Waals surface area contributed by atoms with Gasteiger partial charge < -0.3 is 4.90 Å². The summed E-state index contributed by atoms with van der Waals surface area (Å²) in [4.78, 5) is 2.70. The first-order valence-corrected chi connectivity index (χ1v) is 9.24. The monoisotopic (exact) mass is 315 g/mol. The summed E-state index contributed by atoms with van der Waals surface area (Å²) < 4.78 is 24.0. The summed E-state index contributed by atoms with van der Waals surface area (Å²) in [6.07, 6.45) is 1.61. The minimum Gasteiger partial charge on any atom is -0.371 e. The largest absolute Gasteiger partial charge is 0.371 e. The number of sulfone groups is 1. The van der Waals surface area contributed by atoms with E-state index in [1.807, 2.05) is 19.1 Å². The fraction of sp³-hybridized carbons (Fsp3) is 0.600. The van der Waals surface area contributed by atoms with Crippen LogP contribution in [0, 0.1) is 5.92 Å². The standard InChI is InChI=1S/C15H22ClNO2S/c1-3-10-20(18,19)14-6-4-13(5-7-14)17-9-8-15(16)12(2)11-17/h4-7,12,15H,3,8-11H2,1-2H3. The molecule has 1 saturated heterocycles. The molecule has 0 spiro atoms. The van der Waals surface area contributed by atoms with Crippen molar-refractivity contribution in [1.29, 1.82) is 0 Å². The van der Waals surface area contributed by atoms with Crippen molar-refractivity contribution < 1.29 is 8.42 Å². The number of rotatable bonds is 4. The van der Waals surface area contributed by atoms with Crippen LogP contribution in [0.25, 0.3) is 0 Å². The third-order valence-corrected chi connectivity index (χ3v) is 6.42. The van der Waals surface area contributed by atoms with Crippen molar-refractivity contribution in [3.8, 4) is 0 Å². The first kappa shape index (κ1) is 15.6. The van der Waals surface area contributed by atoms with Gasteiger partial charge in [-0.05, 0) is 43.0 Å². The highest BCUT2D eigenvalue weighted by Crippen LogP contribution is 2.27. The lowest BCUT2D eigenvalue weighted by Crippen LogP contribution is -2.39. The number of halogens is 1. The normalized spacial score (nSPS) is 23.9. The van der Waals surface area contributed by atoms with Crippen LogP contribution in [-0.4, -0.2) is 32.6 Å². The highest BCUT2D eigenvalue weighted by molar-refractivity contribution is 7.91. The van der Waals surface area contributed by atoms with Gasteiger partial charge in [0.15, 0.2) is 9.84 Å². The Labute approximate surface area is 126 Å². The van der Waals surface area contributed by atoms with E-state index in [0.717, 1.165) is 25.2 Å². The molecular formula is C15H22ClNO2S. The third-order valence-electron chi connectivity index (χ3n) is 3.83. The van der Waals surface area contributed by atoms with Gasteiger partial charge in [-0.3, -0.25) is 0 Å². The Bertz CT molecular complexity index is 541. The predicted octanol–water partition coefficient (Wildman–Crippen LogP) is 3.32. The number of hydrogen-bond donors (Lipinski definition) is 0. The van der Waals surface area contributed by atoms with Crippen LogP contribution in [-0.2, 0) is 9.84 Å². The number of benzene rings is 1. The second-order valence-electron chi connectivity index (χ2n) is 5.54. The molecule has 0 bridgehead atoms. The Morgan fingerprint density at radius 1 is 1.30 bits per heavy atom. The molecule has 1 aromatic rings. The van der Waals surface area contributed by atoms with E-state index in [-0.39, 0.29) is 11.1 Å². The zero-order chi connectivity index (χ0) is 14.8. The van der Waals surface area contributed by atoms with Crippen molar-refractivity contribution in [2.45, 2.75) is 37.0 Å². The second-order valence-corrected chi connectivity index (χ2v) is 8.21. The van der Waals surface area contributed by atoms with Gasteiger partial charge in [0, 0.05) is 24.2 Å². The van der Waals surface area contributed by atoms with Gasteiger partial charge in [0.25, 0.3) is 0 Å². The highest BCUT2D eigenvalue weighted by atomic mass is 35.5. The average Bonchev–Trinajstić information content (AvgIpc) is 2.42. The van der Waals surface area contributed by atoms with Crippen LogP contribution in [0.4, 0.5) is 5.69 Å². The summed E-state index contributed by atoms with van der Waals surface area (Å²) >= 11 is 6.23. The van der Waals surface area contributed by atoms with Gasteiger partial charge in [-0.25, -0.2) is 8.42 Å². The van der Waals surface area contributed by atoms with E-state index in [2.05, 4.69) is 11.8 Å². The lowest BCUT2D eigenvalue weighted by Gasteiger charge is -2.35. The SMILES string of the molecule is CCCS(=O)(=O)c1ccc(N2CCC(Cl)C(C)C2)cc1. The lowest BCUT2D eigenvalue weighted by atomic mass is 9.99. The summed E-state index contributed by atoms with van der Waals surface area (Å²) in [6, 6.07) is 7.25. The number of alkyl halides is 1. The van der Waals surface area contributed by atoms with Crippen molar-refractivity contribution in [3.05, 3.63) is 24.3 Å². The highest BCUT2D eigenvalue weighted by Gasteiger charge is 2.24. The van der Waals surface area contributed by atoms with Crippen molar-refractivity contribution in [3.63, 3.8) is 0 Å². The van der Waals surface area contributed by atoms with E-state index < -0.39 is 9.84 Å². The van der Waals surface area contributed by atoms with E-state index in [1.54, 1.807) is 12.1 Å². The summed E-state index contributed by atoms with van der Waals surface area (Å²) in [5.41, 5.74) is 1.08. The molecule has 1 aromatic carbocycles. The Hall–Kier alpha value is -0.740. The number of piperidine rings is 1. The number of anilines is 1. The van der Waals surface area contributed by atoms with E-state index >= 15 is 0 Å². The van der Waals surface area contributed by atoms with Gasteiger partial charge in [0.2, 0.25) is 0 Å². The Kier molecular flexibility index (Phi) is 4.97. The molecule has 1 fully saturated rings. The first-order chi connectivity index (χ1) is 9.44. The van der Waals surface area contributed by atoms with Crippen LogP contribution in [0.1, 0.15) is 26.7 Å². The topological polar surface area (TPSA) is 37.4 Å². The van der Waals surface area contributed by atoms with Gasteiger partial charge >= 0.3 is 0 Å². The Morgan fingerprint density at radius 2 is 1.95 bits per heavy atom. The number of hydrogen-bond acceptors (Lipinski definition) is 3. The third kappa shape index (κ3) is 3.47. The van der Waals surface area contributed by atoms with Crippen molar-refractivity contribution in [2.75, 3.05) is 23.7 Å². The molecule has 0 N–H and O–H groups in total. The van der Waals surface area contributed by atoms with Crippen molar-refractivity contribution in [1.82, 2.24) is 0 Å². The Balaban J connectivity index is 2.13. The van der Waals surface area contributed by atoms with Crippen molar-refractivity contribution >= 4 is 27.1 Å². The van der Waals surface area contributed by atoms with Gasteiger partial charge in [0.05, 0.1) is 10.6 Å². The molecule has 3 nitrogen and oxygen atoms in total. The van der Waals surface area contributed by atoms with Gasteiger partial charge in [-0.2, -0.15) is 0 Å². The summed E-state index contributed by atoms with van der Waals surface area (Å²) in [7, 11) is -3.12. The molecule has 1 heterocycles. The minimum atomic E-state index is -3.12. The minimum absolute atomic E-state index is 0.209. The lowest BCUT2D eigenvalue weighted by molar-refractivity contribution is 0.454. The number of nitrogens with zero attached hydrogens (tertiary/aromatic N) is 1. The summed E-state index contributed by atoms with van der Waals surface area (Å²) in [5.74, 6) is 0.662. The van der Waals surface area contributed by atoms with Crippen LogP contribution >= 0.6 is 11.6 Å². The van der Waals surface area contributed by atoms with Crippen LogP contribution < -0.4 is 4.90 Å². The van der Waals surface area contributed by atoms with Crippen molar-refractivity contribution in [2.24, 2.45) is 5.92 Å². The van der Waals surface area contributed by atoms with Crippen LogP contribution in [0.2, 0.25) is 0 Å². The zero-order valence-corrected chi connectivity index (χ0v) is 13.6. The first-order valence-electron chi connectivity index (χ1n) is 7.16. The van der Waals surface area contributed by atoms with E-state index in [9.17, 15) is 8.42 Å². The molecule has 2 unspecified atom stereocenters. The average molecular weight is 316 g/mol. The quantitative estimate of drug-likeness (QED) is 0.800. The molecule has 0 aliphatic carbocycles. The molecule has 112 valence electrons. The molecule has 1 aliphatic heterocycles. The predicted molar refractivity (Wildman–Crippen MR) is 84.4 cm³/mol. The molecule has 2 rings (SSSR count). The molecule has 20 heavy (non-hydrogen) atoms. The zero-order valence-electron chi connectivity index (χ0n) is 12.0. The second kappa shape index (κ2) is 6.35. The molecule has 0 amide bonds. The van der Waals surface area contributed by atoms with E-state index in [4.69, 9.17) is 11.6 Å². The van der Waals surface area contributed by atoms with Gasteiger partial charge in [0.1, 0.15) is 0 Å². The molecular weight excluding hydrogens is 294 g/mol. The summed E-state index contributed by atoms with van der Waals surface area (Å²) in [6.45, 7) is 5.89. The maximum Gasteiger partial charge on any atom is 0.178 e. The smallest absolute Gasteiger partial charge is 0.178 e. The van der Waals surface area contributed by atoms with Gasteiger partial charge in [-0.15, -0.1) is 11.6 Å².